The van der Waals surface area contributed by atoms with Gasteiger partial charge < -0.3 is 4.84 Å². The molecule has 18 heavy (non-hydrogen) atoms. The van der Waals surface area contributed by atoms with E-state index in [-0.39, 0.29) is 11.5 Å². The molecule has 1 aromatic carbocycles. The first kappa shape index (κ1) is 13.2. The van der Waals surface area contributed by atoms with Crippen molar-refractivity contribution in [1.82, 2.24) is 0 Å². The molecule has 2 nitrogen and oxygen atoms in total. The minimum absolute atomic E-state index is 0.194. The number of hydrogen-bond acceptors (Lipinski definition) is 2. The fourth-order valence-corrected chi connectivity index (χ4v) is 1.80. The van der Waals surface area contributed by atoms with E-state index in [1.165, 1.54) is 12.1 Å². The largest absolute Gasteiger partial charge is 0.416 e. The number of benzene rings is 1. The molecule has 0 aliphatic carbocycles. The molecule has 1 heterocycles. The van der Waals surface area contributed by atoms with E-state index in [0.717, 1.165) is 12.1 Å². The summed E-state index contributed by atoms with van der Waals surface area (Å²) in [6.07, 6.45) is -4.03. The zero-order valence-electron chi connectivity index (χ0n) is 9.54. The van der Waals surface area contributed by atoms with Crippen molar-refractivity contribution in [2.45, 2.75) is 31.0 Å². The molecule has 2 atom stereocenters. The lowest BCUT2D eigenvalue weighted by Crippen LogP contribution is -2.18. The Morgan fingerprint density at radius 3 is 2.39 bits per heavy atom. The Kier molecular flexibility index (Phi) is 3.52. The third-order valence-electron chi connectivity index (χ3n) is 2.75. The number of halogens is 4. The second-order valence-electron chi connectivity index (χ2n) is 4.14. The van der Waals surface area contributed by atoms with Crippen LogP contribution in [-0.2, 0) is 11.0 Å². The topological polar surface area (TPSA) is 21.6 Å². The zero-order chi connectivity index (χ0) is 13.3. The molecule has 0 saturated heterocycles. The van der Waals surface area contributed by atoms with Gasteiger partial charge in [0.05, 0.1) is 16.7 Å². The predicted octanol–water partition coefficient (Wildman–Crippen LogP) is 3.83. The van der Waals surface area contributed by atoms with Crippen molar-refractivity contribution in [1.29, 1.82) is 0 Å². The van der Waals surface area contributed by atoms with Gasteiger partial charge in [-0.15, -0.1) is 11.6 Å². The van der Waals surface area contributed by atoms with Crippen LogP contribution in [0.3, 0.4) is 0 Å². The van der Waals surface area contributed by atoms with Gasteiger partial charge in [-0.25, -0.2) is 0 Å². The van der Waals surface area contributed by atoms with Crippen molar-refractivity contribution in [3.63, 3.8) is 0 Å². The Labute approximate surface area is 107 Å². The third-order valence-corrected chi connectivity index (χ3v) is 3.03. The quantitative estimate of drug-likeness (QED) is 0.753. The van der Waals surface area contributed by atoms with Gasteiger partial charge in [0.2, 0.25) is 0 Å². The second kappa shape index (κ2) is 4.80. The van der Waals surface area contributed by atoms with Gasteiger partial charge in [0, 0.05) is 6.42 Å². The molecule has 1 aliphatic rings. The van der Waals surface area contributed by atoms with E-state index in [1.807, 2.05) is 0 Å². The first-order valence-electron chi connectivity index (χ1n) is 5.42. The van der Waals surface area contributed by atoms with Crippen molar-refractivity contribution in [2.75, 3.05) is 0 Å². The Hall–Kier alpha value is -1.23. The van der Waals surface area contributed by atoms with Gasteiger partial charge >= 0.3 is 6.18 Å². The Bertz CT molecular complexity index is 453. The zero-order valence-corrected chi connectivity index (χ0v) is 10.3. The summed E-state index contributed by atoms with van der Waals surface area (Å²) in [4.78, 5) is 5.11. The molecule has 0 aromatic heterocycles. The lowest BCUT2D eigenvalue weighted by Gasteiger charge is -2.09. The van der Waals surface area contributed by atoms with Gasteiger partial charge in [-0.05, 0) is 24.6 Å². The van der Waals surface area contributed by atoms with Crippen LogP contribution >= 0.6 is 11.6 Å². The highest BCUT2D eigenvalue weighted by molar-refractivity contribution is 6.21. The van der Waals surface area contributed by atoms with Crippen LogP contribution in [0.25, 0.3) is 0 Å². The van der Waals surface area contributed by atoms with E-state index in [9.17, 15) is 13.2 Å². The normalized spacial score (nSPS) is 21.4. The van der Waals surface area contributed by atoms with Crippen molar-refractivity contribution >= 4 is 17.3 Å². The van der Waals surface area contributed by atoms with Gasteiger partial charge in [0.1, 0.15) is 6.10 Å². The summed E-state index contributed by atoms with van der Waals surface area (Å²) in [5.41, 5.74) is 0.581. The molecular formula is C12H11ClF3NO. The lowest BCUT2D eigenvalue weighted by molar-refractivity contribution is -0.137. The molecule has 2 rings (SSSR count). The molecule has 0 radical (unpaired) electrons. The second-order valence-corrected chi connectivity index (χ2v) is 4.83. The Morgan fingerprint density at radius 2 is 1.94 bits per heavy atom. The average Bonchev–Trinajstić information content (AvgIpc) is 2.77. The molecule has 0 saturated carbocycles. The van der Waals surface area contributed by atoms with E-state index in [0.29, 0.717) is 17.7 Å². The third kappa shape index (κ3) is 2.77. The summed E-state index contributed by atoms with van der Waals surface area (Å²) in [6.45, 7) is 1.79. The number of rotatable bonds is 2. The van der Waals surface area contributed by atoms with Crippen LogP contribution in [0.2, 0.25) is 0 Å². The maximum absolute atomic E-state index is 12.4. The highest BCUT2D eigenvalue weighted by Crippen LogP contribution is 2.30. The maximum Gasteiger partial charge on any atom is 0.416 e. The van der Waals surface area contributed by atoms with E-state index in [1.54, 1.807) is 6.92 Å². The minimum Gasteiger partial charge on any atom is -0.390 e. The molecule has 98 valence electrons. The summed E-state index contributed by atoms with van der Waals surface area (Å²) in [6, 6.07) is 4.86. The standard InChI is InChI=1S/C12H11ClF3NO/c1-7(13)11-6-10(17-18-11)8-2-4-9(5-3-8)12(14,15)16/h2-5,7,11H,6H2,1H3. The van der Waals surface area contributed by atoms with Crippen molar-refractivity contribution in [3.8, 4) is 0 Å². The molecule has 0 amide bonds. The van der Waals surface area contributed by atoms with Gasteiger partial charge in [-0.3, -0.25) is 0 Å². The van der Waals surface area contributed by atoms with Gasteiger partial charge in [-0.2, -0.15) is 13.2 Å². The monoisotopic (exact) mass is 277 g/mol. The van der Waals surface area contributed by atoms with Gasteiger partial charge in [0.15, 0.2) is 0 Å². The molecule has 0 spiro atoms. The first-order valence-corrected chi connectivity index (χ1v) is 5.86. The Morgan fingerprint density at radius 1 is 1.33 bits per heavy atom. The molecule has 0 fully saturated rings. The minimum atomic E-state index is -4.32. The molecular weight excluding hydrogens is 267 g/mol. The highest BCUT2D eigenvalue weighted by Gasteiger charge is 2.31. The summed E-state index contributed by atoms with van der Waals surface area (Å²) in [5.74, 6) is 0. The molecule has 6 heteroatoms. The van der Waals surface area contributed by atoms with E-state index in [4.69, 9.17) is 16.4 Å². The van der Waals surface area contributed by atoms with E-state index in [2.05, 4.69) is 5.16 Å². The van der Waals surface area contributed by atoms with E-state index < -0.39 is 11.7 Å². The number of nitrogens with zero attached hydrogens (tertiary/aromatic N) is 1. The van der Waals surface area contributed by atoms with E-state index >= 15 is 0 Å². The fourth-order valence-electron chi connectivity index (χ4n) is 1.66. The molecule has 0 N–H and O–H groups in total. The fraction of sp³-hybridized carbons (Fsp3) is 0.417. The number of hydrogen-bond donors (Lipinski definition) is 0. The van der Waals surface area contributed by atoms with Crippen LogP contribution < -0.4 is 0 Å². The average molecular weight is 278 g/mol. The highest BCUT2D eigenvalue weighted by atomic mass is 35.5. The molecule has 0 bridgehead atoms. The lowest BCUT2D eigenvalue weighted by atomic mass is 10.0. The van der Waals surface area contributed by atoms with Crippen LogP contribution in [-0.4, -0.2) is 17.2 Å². The van der Waals surface area contributed by atoms with Gasteiger partial charge in [-0.1, -0.05) is 17.3 Å². The maximum atomic E-state index is 12.4. The van der Waals surface area contributed by atoms with Crippen LogP contribution in [0.5, 0.6) is 0 Å². The number of alkyl halides is 4. The molecule has 1 aliphatic heterocycles. The summed E-state index contributed by atoms with van der Waals surface area (Å²) in [5, 5.41) is 3.66. The summed E-state index contributed by atoms with van der Waals surface area (Å²) in [7, 11) is 0. The summed E-state index contributed by atoms with van der Waals surface area (Å²) < 4.78 is 37.2. The Balaban J connectivity index is 2.12. The van der Waals surface area contributed by atoms with Crippen molar-refractivity contribution in [2.24, 2.45) is 5.16 Å². The smallest absolute Gasteiger partial charge is 0.390 e. The van der Waals surface area contributed by atoms with Crippen LogP contribution in [0.1, 0.15) is 24.5 Å². The van der Waals surface area contributed by atoms with Crippen LogP contribution in [0, 0.1) is 0 Å². The van der Waals surface area contributed by atoms with Crippen molar-refractivity contribution < 1.29 is 18.0 Å². The van der Waals surface area contributed by atoms with Gasteiger partial charge in [0.25, 0.3) is 0 Å². The number of oxime groups is 1. The predicted molar refractivity (Wildman–Crippen MR) is 62.8 cm³/mol. The molecule has 1 aromatic rings. The summed E-state index contributed by atoms with van der Waals surface area (Å²) >= 11 is 5.87. The SMILES string of the molecule is CC(Cl)C1CC(c2ccc(C(F)(F)F)cc2)=NO1. The van der Waals surface area contributed by atoms with Crippen LogP contribution in [0.4, 0.5) is 13.2 Å². The molecule has 2 unspecified atom stereocenters. The van der Waals surface area contributed by atoms with Crippen molar-refractivity contribution in [3.05, 3.63) is 35.4 Å². The first-order chi connectivity index (χ1) is 8.38. The van der Waals surface area contributed by atoms with Crippen LogP contribution in [0.15, 0.2) is 29.4 Å².